The van der Waals surface area contributed by atoms with Crippen LogP contribution in [0.5, 0.6) is 0 Å². The molecule has 0 fully saturated rings. The van der Waals surface area contributed by atoms with E-state index in [1.165, 1.54) is 0 Å². The summed E-state index contributed by atoms with van der Waals surface area (Å²) in [5, 5.41) is 0. The minimum absolute atomic E-state index is 0.103. The first-order valence-corrected chi connectivity index (χ1v) is 7.46. The van der Waals surface area contributed by atoms with Gasteiger partial charge in [-0.25, -0.2) is 8.42 Å². The molecule has 7 heteroatoms. The van der Waals surface area contributed by atoms with Crippen molar-refractivity contribution in [3.63, 3.8) is 0 Å². The molecular weight excluding hydrogens is 274 g/mol. The number of hydrazine groups is 1. The zero-order valence-corrected chi connectivity index (χ0v) is 11.1. The topological polar surface area (TPSA) is 58.2 Å². The maximum Gasteiger partial charge on any atom is 0.266 e. The second kappa shape index (κ2) is 7.85. The standard InChI is InChI=1S/C12H16F2N2O2S/c13-12(14)9-5-2-6-10-19(17,18)16-15-11-7-3-1-4-8-11/h1,3-4,7-9,15-16H,2,5-6,10H2. The summed E-state index contributed by atoms with van der Waals surface area (Å²) in [6, 6.07) is 8.80. The fourth-order valence-corrected chi connectivity index (χ4v) is 2.32. The average Bonchev–Trinajstić information content (AvgIpc) is 2.37. The summed E-state index contributed by atoms with van der Waals surface area (Å²) in [7, 11) is -3.45. The lowest BCUT2D eigenvalue weighted by Gasteiger charge is -2.08. The predicted octanol–water partition coefficient (Wildman–Crippen LogP) is 2.88. The maximum atomic E-state index is 11.7. The molecule has 0 saturated heterocycles. The smallest absolute Gasteiger partial charge is 0.266 e. The molecule has 2 N–H and O–H groups in total. The number of rotatable bonds is 8. The Morgan fingerprint density at radius 3 is 2.47 bits per heavy atom. The van der Waals surface area contributed by atoms with Gasteiger partial charge >= 0.3 is 0 Å². The second-order valence-electron chi connectivity index (χ2n) is 3.90. The van der Waals surface area contributed by atoms with Crippen molar-refractivity contribution in [2.24, 2.45) is 0 Å². The minimum atomic E-state index is -3.45. The van der Waals surface area contributed by atoms with Crippen LogP contribution in [0.25, 0.3) is 0 Å². The molecule has 0 saturated carbocycles. The molecule has 0 aliphatic carbocycles. The van der Waals surface area contributed by atoms with E-state index in [0.717, 1.165) is 6.08 Å². The molecule has 0 aliphatic heterocycles. The van der Waals surface area contributed by atoms with Crippen molar-refractivity contribution in [1.29, 1.82) is 0 Å². The highest BCUT2D eigenvalue weighted by Gasteiger charge is 2.08. The van der Waals surface area contributed by atoms with Gasteiger partial charge in [0.25, 0.3) is 6.08 Å². The van der Waals surface area contributed by atoms with Crippen LogP contribution >= 0.6 is 0 Å². The predicted molar refractivity (Wildman–Crippen MR) is 71.1 cm³/mol. The molecule has 0 aliphatic rings. The summed E-state index contributed by atoms with van der Waals surface area (Å²) < 4.78 is 46.6. The highest BCUT2D eigenvalue weighted by atomic mass is 32.2. The van der Waals surface area contributed by atoms with Crippen LogP contribution < -0.4 is 10.3 Å². The number of anilines is 1. The molecule has 0 spiro atoms. The van der Waals surface area contributed by atoms with Gasteiger partial charge in [0.2, 0.25) is 10.0 Å². The highest BCUT2D eigenvalue weighted by Crippen LogP contribution is 2.06. The third-order valence-corrected chi connectivity index (χ3v) is 3.53. The van der Waals surface area contributed by atoms with E-state index in [2.05, 4.69) is 10.3 Å². The molecule has 0 atom stereocenters. The fourth-order valence-electron chi connectivity index (χ4n) is 1.36. The van der Waals surface area contributed by atoms with E-state index < -0.39 is 16.1 Å². The number of para-hydroxylation sites is 1. The zero-order valence-electron chi connectivity index (χ0n) is 10.3. The lowest BCUT2D eigenvalue weighted by Crippen LogP contribution is -2.31. The Balaban J connectivity index is 2.27. The van der Waals surface area contributed by atoms with Crippen LogP contribution in [0.2, 0.25) is 0 Å². The first-order chi connectivity index (χ1) is 8.99. The number of hydrogen-bond acceptors (Lipinski definition) is 3. The third kappa shape index (κ3) is 7.53. The van der Waals surface area contributed by atoms with Gasteiger partial charge in [0.05, 0.1) is 5.75 Å². The van der Waals surface area contributed by atoms with Crippen molar-refractivity contribution in [2.75, 3.05) is 11.2 Å². The van der Waals surface area contributed by atoms with E-state index in [1.807, 2.05) is 6.07 Å². The highest BCUT2D eigenvalue weighted by molar-refractivity contribution is 7.89. The monoisotopic (exact) mass is 290 g/mol. The summed E-state index contributed by atoms with van der Waals surface area (Å²) in [5.74, 6) is -0.103. The van der Waals surface area contributed by atoms with Crippen LogP contribution in [0, 0.1) is 0 Å². The molecule has 1 aromatic carbocycles. The van der Waals surface area contributed by atoms with Gasteiger partial charge in [0, 0.05) is 5.69 Å². The third-order valence-electron chi connectivity index (χ3n) is 2.29. The average molecular weight is 290 g/mol. The van der Waals surface area contributed by atoms with Gasteiger partial charge in [-0.05, 0) is 37.5 Å². The fraction of sp³-hybridized carbons (Fsp3) is 0.333. The van der Waals surface area contributed by atoms with E-state index in [0.29, 0.717) is 18.5 Å². The minimum Gasteiger partial charge on any atom is -0.308 e. The summed E-state index contributed by atoms with van der Waals surface area (Å²) in [4.78, 5) is 2.23. The molecule has 0 unspecified atom stereocenters. The van der Waals surface area contributed by atoms with Crippen molar-refractivity contribution >= 4 is 15.7 Å². The van der Waals surface area contributed by atoms with Gasteiger partial charge < -0.3 is 5.43 Å². The number of sulfonamides is 1. The van der Waals surface area contributed by atoms with Gasteiger partial charge in [-0.3, -0.25) is 0 Å². The van der Waals surface area contributed by atoms with Crippen LogP contribution in [0.4, 0.5) is 14.5 Å². The van der Waals surface area contributed by atoms with Gasteiger partial charge in [-0.2, -0.15) is 8.78 Å². The Morgan fingerprint density at radius 1 is 1.16 bits per heavy atom. The van der Waals surface area contributed by atoms with Crippen molar-refractivity contribution in [2.45, 2.75) is 19.3 Å². The second-order valence-corrected chi connectivity index (χ2v) is 5.74. The first-order valence-electron chi connectivity index (χ1n) is 5.81. The summed E-state index contributed by atoms with van der Waals surface area (Å²) in [6.45, 7) is 0. The van der Waals surface area contributed by atoms with Gasteiger partial charge in [-0.15, -0.1) is 4.83 Å². The Morgan fingerprint density at radius 2 is 1.84 bits per heavy atom. The number of allylic oxidation sites excluding steroid dienone is 1. The quantitative estimate of drug-likeness (QED) is 0.572. The van der Waals surface area contributed by atoms with Gasteiger partial charge in [0.1, 0.15) is 0 Å². The number of nitrogens with one attached hydrogen (secondary N) is 2. The van der Waals surface area contributed by atoms with Crippen LogP contribution in [0.1, 0.15) is 19.3 Å². The van der Waals surface area contributed by atoms with E-state index >= 15 is 0 Å². The van der Waals surface area contributed by atoms with Crippen LogP contribution in [0.3, 0.4) is 0 Å². The molecule has 0 bridgehead atoms. The molecule has 0 radical (unpaired) electrons. The molecule has 106 valence electrons. The van der Waals surface area contributed by atoms with Crippen LogP contribution in [0.15, 0.2) is 42.5 Å². The number of halogens is 2. The molecular formula is C12H16F2N2O2S. The Hall–Kier alpha value is -1.47. The van der Waals surface area contributed by atoms with Crippen LogP contribution in [-0.2, 0) is 10.0 Å². The van der Waals surface area contributed by atoms with E-state index in [-0.39, 0.29) is 12.2 Å². The molecule has 0 aromatic heterocycles. The summed E-state index contributed by atoms with van der Waals surface area (Å²) in [6.07, 6.45) is -0.0162. The molecule has 19 heavy (non-hydrogen) atoms. The van der Waals surface area contributed by atoms with Crippen molar-refractivity contribution in [3.8, 4) is 0 Å². The largest absolute Gasteiger partial charge is 0.308 e. The van der Waals surface area contributed by atoms with Crippen LogP contribution in [-0.4, -0.2) is 14.2 Å². The normalized spacial score (nSPS) is 11.1. The lowest BCUT2D eigenvalue weighted by atomic mass is 10.2. The van der Waals surface area contributed by atoms with Crippen molar-refractivity contribution < 1.29 is 17.2 Å². The Bertz CT molecular complexity index is 500. The van der Waals surface area contributed by atoms with E-state index in [4.69, 9.17) is 0 Å². The Labute approximate surface area is 111 Å². The SMILES string of the molecule is O=S(=O)(CCCCC=C(F)F)NNc1ccccc1. The molecule has 1 rings (SSSR count). The molecule has 1 aromatic rings. The van der Waals surface area contributed by atoms with Gasteiger partial charge in [-0.1, -0.05) is 18.2 Å². The zero-order chi connectivity index (χ0) is 14.1. The number of hydrogen-bond donors (Lipinski definition) is 2. The lowest BCUT2D eigenvalue weighted by molar-refractivity contribution is 0.417. The molecule has 0 heterocycles. The van der Waals surface area contributed by atoms with Crippen molar-refractivity contribution in [3.05, 3.63) is 42.5 Å². The first kappa shape index (κ1) is 15.6. The Kier molecular flexibility index (Phi) is 6.44. The summed E-state index contributed by atoms with van der Waals surface area (Å²) in [5.41, 5.74) is 3.21. The molecule has 4 nitrogen and oxygen atoms in total. The number of unbranched alkanes of at least 4 members (excludes halogenated alkanes) is 2. The van der Waals surface area contributed by atoms with E-state index in [1.54, 1.807) is 24.3 Å². The molecule has 0 amide bonds. The van der Waals surface area contributed by atoms with Crippen molar-refractivity contribution in [1.82, 2.24) is 4.83 Å². The van der Waals surface area contributed by atoms with Gasteiger partial charge in [0.15, 0.2) is 0 Å². The number of benzene rings is 1. The van der Waals surface area contributed by atoms with E-state index in [9.17, 15) is 17.2 Å². The maximum absolute atomic E-state index is 11.7. The summed E-state index contributed by atoms with van der Waals surface area (Å²) >= 11 is 0.